The van der Waals surface area contributed by atoms with E-state index < -0.39 is 0 Å². The SMILES string of the molecule is CC(C)c1c(N)ncnc1N1CCN(CC2CC2)CC1. The fourth-order valence-electron chi connectivity index (χ4n) is 3.01. The molecule has 1 aliphatic carbocycles. The van der Waals surface area contributed by atoms with Crippen molar-refractivity contribution < 1.29 is 0 Å². The van der Waals surface area contributed by atoms with Gasteiger partial charge in [-0.2, -0.15) is 0 Å². The molecule has 1 aromatic rings. The Morgan fingerprint density at radius 2 is 1.90 bits per heavy atom. The van der Waals surface area contributed by atoms with Gasteiger partial charge in [-0.25, -0.2) is 9.97 Å². The van der Waals surface area contributed by atoms with E-state index in [0.29, 0.717) is 11.7 Å². The number of piperazine rings is 1. The molecule has 1 aliphatic heterocycles. The van der Waals surface area contributed by atoms with Crippen molar-refractivity contribution in [2.75, 3.05) is 43.4 Å². The van der Waals surface area contributed by atoms with E-state index >= 15 is 0 Å². The van der Waals surface area contributed by atoms with Gasteiger partial charge in [0.1, 0.15) is 18.0 Å². The second-order valence-electron chi connectivity index (χ2n) is 6.38. The zero-order valence-electron chi connectivity index (χ0n) is 12.5. The first-order chi connectivity index (χ1) is 9.65. The molecule has 0 amide bonds. The molecule has 20 heavy (non-hydrogen) atoms. The van der Waals surface area contributed by atoms with Gasteiger partial charge in [-0.15, -0.1) is 0 Å². The Morgan fingerprint density at radius 3 is 2.50 bits per heavy atom. The lowest BCUT2D eigenvalue weighted by molar-refractivity contribution is 0.247. The predicted molar refractivity (Wildman–Crippen MR) is 81.9 cm³/mol. The summed E-state index contributed by atoms with van der Waals surface area (Å²) in [5.74, 6) is 3.00. The number of nitrogens with zero attached hydrogens (tertiary/aromatic N) is 4. The number of hydrogen-bond acceptors (Lipinski definition) is 5. The van der Waals surface area contributed by atoms with Crippen molar-refractivity contribution in [3.8, 4) is 0 Å². The molecule has 0 bridgehead atoms. The Bertz CT molecular complexity index is 461. The molecule has 1 saturated carbocycles. The number of anilines is 2. The van der Waals surface area contributed by atoms with Crippen molar-refractivity contribution in [3.05, 3.63) is 11.9 Å². The van der Waals surface area contributed by atoms with Crippen molar-refractivity contribution in [3.63, 3.8) is 0 Å². The summed E-state index contributed by atoms with van der Waals surface area (Å²) in [4.78, 5) is 13.6. The quantitative estimate of drug-likeness (QED) is 0.906. The van der Waals surface area contributed by atoms with Crippen molar-refractivity contribution in [2.24, 2.45) is 5.92 Å². The van der Waals surface area contributed by atoms with Crippen LogP contribution in [0, 0.1) is 5.92 Å². The molecule has 5 heteroatoms. The van der Waals surface area contributed by atoms with Crippen LogP contribution in [0.1, 0.15) is 38.2 Å². The Balaban J connectivity index is 1.69. The number of aromatic nitrogens is 2. The lowest BCUT2D eigenvalue weighted by Gasteiger charge is -2.36. The smallest absolute Gasteiger partial charge is 0.137 e. The van der Waals surface area contributed by atoms with E-state index in [4.69, 9.17) is 5.73 Å². The predicted octanol–water partition coefficient (Wildman–Crippen LogP) is 1.71. The maximum Gasteiger partial charge on any atom is 0.137 e. The summed E-state index contributed by atoms with van der Waals surface area (Å²) >= 11 is 0. The Labute approximate surface area is 121 Å². The molecule has 0 atom stereocenters. The molecule has 0 spiro atoms. The summed E-state index contributed by atoms with van der Waals surface area (Å²) in [6.45, 7) is 9.96. The average Bonchev–Trinajstić information content (AvgIpc) is 3.23. The second-order valence-corrected chi connectivity index (χ2v) is 6.38. The minimum absolute atomic E-state index is 0.357. The maximum atomic E-state index is 6.04. The van der Waals surface area contributed by atoms with Crippen LogP contribution in [0.2, 0.25) is 0 Å². The lowest BCUT2D eigenvalue weighted by atomic mass is 10.0. The van der Waals surface area contributed by atoms with Gasteiger partial charge in [0.25, 0.3) is 0 Å². The first-order valence-electron chi connectivity index (χ1n) is 7.73. The molecule has 2 heterocycles. The van der Waals surface area contributed by atoms with Crippen LogP contribution in [0.5, 0.6) is 0 Å². The summed E-state index contributed by atoms with van der Waals surface area (Å²) in [5.41, 5.74) is 7.14. The molecule has 2 fully saturated rings. The van der Waals surface area contributed by atoms with Crippen LogP contribution in [0.3, 0.4) is 0 Å². The highest BCUT2D eigenvalue weighted by Gasteiger charge is 2.27. The molecule has 0 aromatic carbocycles. The van der Waals surface area contributed by atoms with E-state index in [1.807, 2.05) is 0 Å². The number of nitrogen functional groups attached to an aromatic ring is 1. The third-order valence-corrected chi connectivity index (χ3v) is 4.36. The van der Waals surface area contributed by atoms with Crippen LogP contribution in [0.4, 0.5) is 11.6 Å². The highest BCUT2D eigenvalue weighted by molar-refractivity contribution is 5.58. The Morgan fingerprint density at radius 1 is 1.20 bits per heavy atom. The van der Waals surface area contributed by atoms with E-state index in [-0.39, 0.29) is 0 Å². The van der Waals surface area contributed by atoms with Crippen molar-refractivity contribution >= 4 is 11.6 Å². The standard InChI is InChI=1S/C15H25N5/c1-11(2)13-14(16)17-10-18-15(13)20-7-5-19(6-8-20)9-12-3-4-12/h10-12H,3-9H2,1-2H3,(H2,16,17,18). The van der Waals surface area contributed by atoms with E-state index in [0.717, 1.165) is 43.5 Å². The molecule has 0 radical (unpaired) electrons. The van der Waals surface area contributed by atoms with Gasteiger partial charge in [-0.3, -0.25) is 4.90 Å². The summed E-state index contributed by atoms with van der Waals surface area (Å²) in [6, 6.07) is 0. The first kappa shape index (κ1) is 13.6. The van der Waals surface area contributed by atoms with Gasteiger partial charge >= 0.3 is 0 Å². The van der Waals surface area contributed by atoms with Crippen LogP contribution < -0.4 is 10.6 Å². The molecule has 0 unspecified atom stereocenters. The molecular formula is C15H25N5. The molecule has 1 saturated heterocycles. The van der Waals surface area contributed by atoms with Crippen molar-refractivity contribution in [1.29, 1.82) is 0 Å². The van der Waals surface area contributed by atoms with E-state index in [1.54, 1.807) is 6.33 Å². The lowest BCUT2D eigenvalue weighted by Crippen LogP contribution is -2.47. The largest absolute Gasteiger partial charge is 0.383 e. The maximum absolute atomic E-state index is 6.04. The number of nitrogens with two attached hydrogens (primary N) is 1. The van der Waals surface area contributed by atoms with Crippen LogP contribution >= 0.6 is 0 Å². The van der Waals surface area contributed by atoms with Gasteiger partial charge in [0.2, 0.25) is 0 Å². The molecule has 110 valence electrons. The van der Waals surface area contributed by atoms with Crippen molar-refractivity contribution in [1.82, 2.24) is 14.9 Å². The van der Waals surface area contributed by atoms with Crippen LogP contribution in [-0.4, -0.2) is 47.6 Å². The highest BCUT2D eigenvalue weighted by Crippen LogP contribution is 2.32. The van der Waals surface area contributed by atoms with Crippen LogP contribution in [0.25, 0.3) is 0 Å². The fourth-order valence-corrected chi connectivity index (χ4v) is 3.01. The topological polar surface area (TPSA) is 58.3 Å². The van der Waals surface area contributed by atoms with E-state index in [2.05, 4.69) is 33.6 Å². The summed E-state index contributed by atoms with van der Waals surface area (Å²) < 4.78 is 0. The summed E-state index contributed by atoms with van der Waals surface area (Å²) in [7, 11) is 0. The molecule has 2 N–H and O–H groups in total. The van der Waals surface area contributed by atoms with Gasteiger partial charge in [-0.05, 0) is 24.7 Å². The summed E-state index contributed by atoms with van der Waals surface area (Å²) in [5, 5.41) is 0. The van der Waals surface area contributed by atoms with Gasteiger partial charge < -0.3 is 10.6 Å². The molecule has 1 aromatic heterocycles. The van der Waals surface area contributed by atoms with Gasteiger partial charge in [0.05, 0.1) is 0 Å². The molecule has 2 aliphatic rings. The minimum Gasteiger partial charge on any atom is -0.383 e. The molecular weight excluding hydrogens is 250 g/mol. The second kappa shape index (κ2) is 5.56. The number of rotatable bonds is 4. The summed E-state index contributed by atoms with van der Waals surface area (Å²) in [6.07, 6.45) is 4.45. The third-order valence-electron chi connectivity index (χ3n) is 4.36. The van der Waals surface area contributed by atoms with Gasteiger partial charge in [0, 0.05) is 38.3 Å². The average molecular weight is 275 g/mol. The van der Waals surface area contributed by atoms with Crippen LogP contribution in [-0.2, 0) is 0 Å². The Hall–Kier alpha value is -1.36. The number of hydrogen-bond donors (Lipinski definition) is 1. The monoisotopic (exact) mass is 275 g/mol. The molecule has 5 nitrogen and oxygen atoms in total. The van der Waals surface area contributed by atoms with E-state index in [1.165, 1.54) is 19.4 Å². The third kappa shape index (κ3) is 2.87. The van der Waals surface area contributed by atoms with Crippen LogP contribution in [0.15, 0.2) is 6.33 Å². The first-order valence-corrected chi connectivity index (χ1v) is 7.73. The fraction of sp³-hybridized carbons (Fsp3) is 0.733. The van der Waals surface area contributed by atoms with Crippen molar-refractivity contribution in [2.45, 2.75) is 32.6 Å². The zero-order chi connectivity index (χ0) is 14.1. The molecule has 3 rings (SSSR count). The normalized spacial score (nSPS) is 20.6. The van der Waals surface area contributed by atoms with Gasteiger partial charge in [0.15, 0.2) is 0 Å². The van der Waals surface area contributed by atoms with E-state index in [9.17, 15) is 0 Å². The highest BCUT2D eigenvalue weighted by atomic mass is 15.3. The van der Waals surface area contributed by atoms with Gasteiger partial charge in [-0.1, -0.05) is 13.8 Å². The Kier molecular flexibility index (Phi) is 3.78. The zero-order valence-corrected chi connectivity index (χ0v) is 12.5. The minimum atomic E-state index is 0.357.